The maximum atomic E-state index is 13.0. The Morgan fingerprint density at radius 3 is 1.73 bits per heavy atom. The van der Waals surface area contributed by atoms with Crippen LogP contribution in [0.15, 0.2) is 0 Å². The summed E-state index contributed by atoms with van der Waals surface area (Å²) in [6.07, 6.45) is 2.18. The van der Waals surface area contributed by atoms with Gasteiger partial charge >= 0.3 is 0 Å². The second-order valence-electron chi connectivity index (χ2n) is 6.95. The highest BCUT2D eigenvalue weighted by molar-refractivity contribution is 5.89. The van der Waals surface area contributed by atoms with Crippen molar-refractivity contribution in [3.05, 3.63) is 0 Å². The molecule has 126 valence electrons. The molecule has 2 bridgehead atoms. The molecule has 0 aromatic carbocycles. The maximum absolute atomic E-state index is 13.0. The summed E-state index contributed by atoms with van der Waals surface area (Å²) < 4.78 is 0. The van der Waals surface area contributed by atoms with E-state index in [9.17, 15) is 9.59 Å². The Labute approximate surface area is 135 Å². The van der Waals surface area contributed by atoms with Crippen LogP contribution in [-0.2, 0) is 9.59 Å². The Hall–Kier alpha value is -1.06. The van der Waals surface area contributed by atoms with E-state index < -0.39 is 0 Å². The minimum absolute atomic E-state index is 0.0748. The van der Waals surface area contributed by atoms with Gasteiger partial charge in [-0.25, -0.2) is 0 Å². The fourth-order valence-corrected chi connectivity index (χ4v) is 4.87. The molecule has 0 saturated heterocycles. The Morgan fingerprint density at radius 2 is 1.27 bits per heavy atom. The van der Waals surface area contributed by atoms with Crippen molar-refractivity contribution in [2.75, 3.05) is 26.2 Å². The molecular weight excluding hydrogens is 276 g/mol. The lowest BCUT2D eigenvalue weighted by atomic mass is 9.73. The number of amides is 2. The highest BCUT2D eigenvalue weighted by atomic mass is 16.2. The standard InChI is InChI=1S/C18H32N2O2/c1-6-19(7-2)17(21)15-13-10-12(5)14(11-13)16(15)18(22)20(8-3)9-4/h12-16H,6-11H2,1-5H3. The van der Waals surface area contributed by atoms with Crippen LogP contribution in [0.1, 0.15) is 47.5 Å². The molecule has 5 unspecified atom stereocenters. The molecule has 0 heterocycles. The van der Waals surface area contributed by atoms with Crippen LogP contribution in [0.3, 0.4) is 0 Å². The Kier molecular flexibility index (Phi) is 5.51. The van der Waals surface area contributed by atoms with Crippen molar-refractivity contribution >= 4 is 11.8 Å². The Morgan fingerprint density at radius 1 is 0.818 bits per heavy atom. The van der Waals surface area contributed by atoms with Crippen molar-refractivity contribution in [1.29, 1.82) is 0 Å². The fraction of sp³-hybridized carbons (Fsp3) is 0.889. The minimum atomic E-state index is -0.0817. The third-order valence-corrected chi connectivity index (χ3v) is 6.06. The van der Waals surface area contributed by atoms with Gasteiger partial charge in [0.1, 0.15) is 0 Å². The zero-order valence-electron chi connectivity index (χ0n) is 14.8. The normalized spacial score (nSPS) is 33.0. The molecule has 4 heteroatoms. The highest BCUT2D eigenvalue weighted by Crippen LogP contribution is 2.56. The van der Waals surface area contributed by atoms with Crippen molar-refractivity contribution in [3.8, 4) is 0 Å². The van der Waals surface area contributed by atoms with Crippen molar-refractivity contribution < 1.29 is 9.59 Å². The van der Waals surface area contributed by atoms with E-state index in [-0.39, 0.29) is 23.7 Å². The van der Waals surface area contributed by atoms with Crippen molar-refractivity contribution in [3.63, 3.8) is 0 Å². The summed E-state index contributed by atoms with van der Waals surface area (Å²) in [6.45, 7) is 13.3. The molecule has 2 aliphatic carbocycles. The molecule has 2 fully saturated rings. The molecule has 22 heavy (non-hydrogen) atoms. The van der Waals surface area contributed by atoms with Gasteiger partial charge in [-0.1, -0.05) is 6.92 Å². The lowest BCUT2D eigenvalue weighted by molar-refractivity contribution is -0.149. The summed E-state index contributed by atoms with van der Waals surface area (Å²) in [5.41, 5.74) is 0. The first-order valence-electron chi connectivity index (χ1n) is 9.07. The lowest BCUT2D eigenvalue weighted by Crippen LogP contribution is -2.48. The van der Waals surface area contributed by atoms with Crippen LogP contribution in [0.4, 0.5) is 0 Å². The smallest absolute Gasteiger partial charge is 0.226 e. The number of rotatable bonds is 6. The van der Waals surface area contributed by atoms with E-state index in [4.69, 9.17) is 0 Å². The van der Waals surface area contributed by atoms with Gasteiger partial charge in [0.15, 0.2) is 0 Å². The van der Waals surface area contributed by atoms with Crippen molar-refractivity contribution in [2.24, 2.45) is 29.6 Å². The fourth-order valence-electron chi connectivity index (χ4n) is 4.87. The molecule has 5 atom stereocenters. The number of carbonyl (C=O) groups is 2. The van der Waals surface area contributed by atoms with Gasteiger partial charge in [-0.05, 0) is 58.3 Å². The monoisotopic (exact) mass is 308 g/mol. The van der Waals surface area contributed by atoms with E-state index in [1.807, 2.05) is 37.5 Å². The van der Waals surface area contributed by atoms with E-state index >= 15 is 0 Å². The van der Waals surface area contributed by atoms with Gasteiger partial charge in [-0.3, -0.25) is 9.59 Å². The summed E-state index contributed by atoms with van der Waals surface area (Å²) in [5, 5.41) is 0. The van der Waals surface area contributed by atoms with Crippen LogP contribution < -0.4 is 0 Å². The van der Waals surface area contributed by atoms with E-state index in [2.05, 4.69) is 6.92 Å². The van der Waals surface area contributed by atoms with Crippen LogP contribution in [-0.4, -0.2) is 47.8 Å². The third kappa shape index (κ3) is 2.77. The summed E-state index contributed by atoms with van der Waals surface area (Å²) in [5.74, 6) is 1.68. The average molecular weight is 308 g/mol. The van der Waals surface area contributed by atoms with E-state index in [1.54, 1.807) is 0 Å². The van der Waals surface area contributed by atoms with E-state index in [0.29, 0.717) is 17.8 Å². The molecule has 2 amide bonds. The molecule has 2 aliphatic rings. The third-order valence-electron chi connectivity index (χ3n) is 6.06. The van der Waals surface area contributed by atoms with Gasteiger partial charge in [0.25, 0.3) is 0 Å². The second-order valence-corrected chi connectivity index (χ2v) is 6.95. The summed E-state index contributed by atoms with van der Waals surface area (Å²) >= 11 is 0. The SMILES string of the molecule is CCN(CC)C(=O)C1C2CC(C)C(C2)C1C(=O)N(CC)CC. The zero-order chi connectivity index (χ0) is 16.4. The van der Waals surface area contributed by atoms with Crippen LogP contribution in [0, 0.1) is 29.6 Å². The summed E-state index contributed by atoms with van der Waals surface area (Å²) in [4.78, 5) is 29.8. The zero-order valence-corrected chi connectivity index (χ0v) is 14.8. The number of fused-ring (bicyclic) bond motifs is 2. The lowest BCUT2D eigenvalue weighted by Gasteiger charge is -2.37. The van der Waals surface area contributed by atoms with Crippen molar-refractivity contribution in [1.82, 2.24) is 9.80 Å². The molecule has 0 spiro atoms. The van der Waals surface area contributed by atoms with Crippen LogP contribution >= 0.6 is 0 Å². The first-order chi connectivity index (χ1) is 10.5. The molecule has 0 aromatic rings. The van der Waals surface area contributed by atoms with Gasteiger partial charge in [0, 0.05) is 26.2 Å². The summed E-state index contributed by atoms with van der Waals surface area (Å²) in [6, 6.07) is 0. The highest BCUT2D eigenvalue weighted by Gasteiger charge is 2.57. The number of nitrogens with zero attached hydrogens (tertiary/aromatic N) is 2. The van der Waals surface area contributed by atoms with Gasteiger partial charge in [0.05, 0.1) is 11.8 Å². The average Bonchev–Trinajstić information content (AvgIpc) is 3.05. The van der Waals surface area contributed by atoms with E-state index in [1.165, 1.54) is 0 Å². The molecule has 0 aliphatic heterocycles. The number of hydrogen-bond acceptors (Lipinski definition) is 2. The van der Waals surface area contributed by atoms with E-state index in [0.717, 1.165) is 39.0 Å². The van der Waals surface area contributed by atoms with Crippen LogP contribution in [0.2, 0.25) is 0 Å². The molecule has 0 radical (unpaired) electrons. The van der Waals surface area contributed by atoms with Gasteiger partial charge in [-0.15, -0.1) is 0 Å². The second kappa shape index (κ2) is 7.01. The topological polar surface area (TPSA) is 40.6 Å². The Balaban J connectivity index is 2.27. The van der Waals surface area contributed by atoms with Crippen LogP contribution in [0.25, 0.3) is 0 Å². The first kappa shape index (κ1) is 17.3. The number of hydrogen-bond donors (Lipinski definition) is 0. The first-order valence-corrected chi connectivity index (χ1v) is 9.07. The number of carbonyl (C=O) groups excluding carboxylic acids is 2. The maximum Gasteiger partial charge on any atom is 0.226 e. The van der Waals surface area contributed by atoms with Crippen molar-refractivity contribution in [2.45, 2.75) is 47.5 Å². The van der Waals surface area contributed by atoms with Crippen LogP contribution in [0.5, 0.6) is 0 Å². The molecule has 4 nitrogen and oxygen atoms in total. The summed E-state index contributed by atoms with van der Waals surface area (Å²) in [7, 11) is 0. The largest absolute Gasteiger partial charge is 0.343 e. The molecule has 0 N–H and O–H groups in total. The van der Waals surface area contributed by atoms with Gasteiger partial charge < -0.3 is 9.80 Å². The molecule has 0 aromatic heterocycles. The van der Waals surface area contributed by atoms with Gasteiger partial charge in [-0.2, -0.15) is 0 Å². The quantitative estimate of drug-likeness (QED) is 0.757. The predicted octanol–water partition coefficient (Wildman–Crippen LogP) is 2.63. The van der Waals surface area contributed by atoms with Gasteiger partial charge in [0.2, 0.25) is 11.8 Å². The predicted molar refractivity (Wildman–Crippen MR) is 88.2 cm³/mol. The molecular formula is C18H32N2O2. The molecule has 2 rings (SSSR count). The Bertz CT molecular complexity index is 415. The molecule has 2 saturated carbocycles. The minimum Gasteiger partial charge on any atom is -0.343 e.